The smallest absolute Gasteiger partial charge is 0.318 e. The van der Waals surface area contributed by atoms with Crippen LogP contribution in [0, 0.1) is 0 Å². The van der Waals surface area contributed by atoms with Crippen LogP contribution in [-0.4, -0.2) is 36.1 Å². The van der Waals surface area contributed by atoms with Crippen molar-refractivity contribution in [3.8, 4) is 6.01 Å². The fraction of sp³-hybridized carbons (Fsp3) is 0.333. The third kappa shape index (κ3) is 4.47. The minimum Gasteiger partial charge on any atom is -0.459 e. The van der Waals surface area contributed by atoms with Crippen LogP contribution in [0.3, 0.4) is 0 Å². The molecule has 5 nitrogen and oxygen atoms in total. The van der Waals surface area contributed by atoms with Crippen molar-refractivity contribution in [1.29, 1.82) is 0 Å². The molecule has 1 aliphatic rings. The lowest BCUT2D eigenvalue weighted by Crippen LogP contribution is -2.43. The standard InChI is InChI=1S/C15H17ClN4O.ClH/c16-13-3-1-2-12(10-13)11-21-15-18-5-4-14(19-15)20-8-6-17-7-9-20;/h1-5,10,17H,6-9,11H2;1H. The molecule has 118 valence electrons. The van der Waals surface area contributed by atoms with Crippen molar-refractivity contribution >= 4 is 29.8 Å². The van der Waals surface area contributed by atoms with E-state index in [0.717, 1.165) is 37.6 Å². The van der Waals surface area contributed by atoms with Crippen LogP contribution < -0.4 is 15.0 Å². The van der Waals surface area contributed by atoms with E-state index in [2.05, 4.69) is 20.2 Å². The van der Waals surface area contributed by atoms with E-state index < -0.39 is 0 Å². The van der Waals surface area contributed by atoms with Gasteiger partial charge >= 0.3 is 6.01 Å². The van der Waals surface area contributed by atoms with Gasteiger partial charge in [0.1, 0.15) is 12.4 Å². The van der Waals surface area contributed by atoms with Crippen molar-refractivity contribution in [3.63, 3.8) is 0 Å². The van der Waals surface area contributed by atoms with Crippen LogP contribution in [0.5, 0.6) is 6.01 Å². The molecule has 0 unspecified atom stereocenters. The second-order valence-electron chi connectivity index (χ2n) is 4.85. The average Bonchev–Trinajstić information content (AvgIpc) is 2.54. The van der Waals surface area contributed by atoms with Crippen molar-refractivity contribution in [2.75, 3.05) is 31.1 Å². The van der Waals surface area contributed by atoms with Gasteiger partial charge in [0.2, 0.25) is 0 Å². The van der Waals surface area contributed by atoms with Crippen molar-refractivity contribution in [3.05, 3.63) is 47.1 Å². The molecule has 1 N–H and O–H groups in total. The van der Waals surface area contributed by atoms with E-state index >= 15 is 0 Å². The van der Waals surface area contributed by atoms with E-state index in [1.807, 2.05) is 30.3 Å². The Morgan fingerprint density at radius 2 is 2.05 bits per heavy atom. The highest BCUT2D eigenvalue weighted by atomic mass is 35.5. The third-order valence-electron chi connectivity index (χ3n) is 3.32. The van der Waals surface area contributed by atoms with Crippen molar-refractivity contribution in [2.24, 2.45) is 0 Å². The number of nitrogens with one attached hydrogen (secondary N) is 1. The van der Waals surface area contributed by atoms with Crippen LogP contribution in [0.1, 0.15) is 5.56 Å². The first-order valence-electron chi connectivity index (χ1n) is 6.97. The van der Waals surface area contributed by atoms with Crippen LogP contribution in [0.2, 0.25) is 5.02 Å². The van der Waals surface area contributed by atoms with Crippen molar-refractivity contribution in [2.45, 2.75) is 6.61 Å². The van der Waals surface area contributed by atoms with E-state index in [-0.39, 0.29) is 12.4 Å². The number of aromatic nitrogens is 2. The van der Waals surface area contributed by atoms with Gasteiger partial charge in [-0.15, -0.1) is 12.4 Å². The molecule has 0 bridgehead atoms. The Morgan fingerprint density at radius 3 is 2.82 bits per heavy atom. The lowest BCUT2D eigenvalue weighted by Gasteiger charge is -2.28. The van der Waals surface area contributed by atoms with Crippen LogP contribution in [0.25, 0.3) is 0 Å². The molecule has 0 amide bonds. The molecule has 3 rings (SSSR count). The highest BCUT2D eigenvalue weighted by Gasteiger charge is 2.12. The molecule has 2 heterocycles. The SMILES string of the molecule is Cl.Clc1cccc(COc2nccc(N3CCNCC3)n2)c1. The van der Waals surface area contributed by atoms with Gasteiger partial charge < -0.3 is 15.0 Å². The number of benzene rings is 1. The molecule has 1 aliphatic heterocycles. The summed E-state index contributed by atoms with van der Waals surface area (Å²) in [5.41, 5.74) is 0.999. The Kier molecular flexibility index (Phi) is 6.24. The lowest BCUT2D eigenvalue weighted by atomic mass is 10.2. The van der Waals surface area contributed by atoms with Gasteiger partial charge in [0.05, 0.1) is 0 Å². The van der Waals surface area contributed by atoms with E-state index in [4.69, 9.17) is 16.3 Å². The van der Waals surface area contributed by atoms with E-state index in [1.54, 1.807) is 6.20 Å². The van der Waals surface area contributed by atoms with Crippen LogP contribution in [0.15, 0.2) is 36.5 Å². The first kappa shape index (κ1) is 16.8. The van der Waals surface area contributed by atoms with Gasteiger partial charge in [-0.3, -0.25) is 0 Å². The Labute approximate surface area is 141 Å². The molecule has 1 saturated heterocycles. The van der Waals surface area contributed by atoms with Gasteiger partial charge in [-0.2, -0.15) is 4.98 Å². The summed E-state index contributed by atoms with van der Waals surface area (Å²) in [6.45, 7) is 4.26. The number of hydrogen-bond acceptors (Lipinski definition) is 5. The number of halogens is 2. The lowest BCUT2D eigenvalue weighted by molar-refractivity contribution is 0.280. The zero-order chi connectivity index (χ0) is 14.5. The first-order chi connectivity index (χ1) is 10.3. The zero-order valence-electron chi connectivity index (χ0n) is 12.0. The number of hydrogen-bond donors (Lipinski definition) is 1. The number of rotatable bonds is 4. The minimum atomic E-state index is 0. The molecular weight excluding hydrogens is 323 g/mol. The molecule has 7 heteroatoms. The molecular formula is C15H18Cl2N4O. The van der Waals surface area contributed by atoms with Gasteiger partial charge in [-0.1, -0.05) is 23.7 Å². The molecule has 0 spiro atoms. The molecule has 1 aromatic carbocycles. The average molecular weight is 341 g/mol. The Hall–Kier alpha value is -1.56. The second-order valence-corrected chi connectivity index (χ2v) is 5.29. The summed E-state index contributed by atoms with van der Waals surface area (Å²) in [6, 6.07) is 9.89. The Balaban J connectivity index is 0.00000176. The van der Waals surface area contributed by atoms with Crippen LogP contribution >= 0.6 is 24.0 Å². The van der Waals surface area contributed by atoms with Crippen LogP contribution in [0.4, 0.5) is 5.82 Å². The van der Waals surface area contributed by atoms with Gasteiger partial charge in [-0.05, 0) is 23.8 Å². The normalized spacial score (nSPS) is 14.3. The van der Waals surface area contributed by atoms with Gasteiger partial charge in [-0.25, -0.2) is 4.98 Å². The maximum atomic E-state index is 5.95. The Bertz CT molecular complexity index is 606. The highest BCUT2D eigenvalue weighted by molar-refractivity contribution is 6.30. The monoisotopic (exact) mass is 340 g/mol. The molecule has 2 aromatic rings. The first-order valence-corrected chi connectivity index (χ1v) is 7.35. The number of nitrogens with zero attached hydrogens (tertiary/aromatic N) is 3. The molecule has 0 aliphatic carbocycles. The zero-order valence-corrected chi connectivity index (χ0v) is 13.6. The predicted octanol–water partition coefficient (Wildman–Crippen LogP) is 2.54. The van der Waals surface area contributed by atoms with E-state index in [1.165, 1.54) is 0 Å². The maximum absolute atomic E-state index is 5.95. The molecule has 22 heavy (non-hydrogen) atoms. The maximum Gasteiger partial charge on any atom is 0.318 e. The predicted molar refractivity (Wildman–Crippen MR) is 90.1 cm³/mol. The summed E-state index contributed by atoms with van der Waals surface area (Å²) in [6.07, 6.45) is 1.73. The number of anilines is 1. The number of piperazine rings is 1. The van der Waals surface area contributed by atoms with E-state index in [9.17, 15) is 0 Å². The largest absolute Gasteiger partial charge is 0.459 e. The fourth-order valence-corrected chi connectivity index (χ4v) is 2.46. The van der Waals surface area contributed by atoms with E-state index in [0.29, 0.717) is 17.6 Å². The molecule has 1 aromatic heterocycles. The third-order valence-corrected chi connectivity index (χ3v) is 3.55. The van der Waals surface area contributed by atoms with Crippen LogP contribution in [-0.2, 0) is 6.61 Å². The quantitative estimate of drug-likeness (QED) is 0.926. The number of ether oxygens (including phenoxy) is 1. The summed E-state index contributed by atoms with van der Waals surface area (Å²) in [5.74, 6) is 0.910. The Morgan fingerprint density at radius 1 is 1.23 bits per heavy atom. The van der Waals surface area contributed by atoms with Crippen molar-refractivity contribution < 1.29 is 4.74 Å². The summed E-state index contributed by atoms with van der Waals surface area (Å²) in [7, 11) is 0. The summed E-state index contributed by atoms with van der Waals surface area (Å²) < 4.78 is 5.66. The minimum absolute atomic E-state index is 0. The topological polar surface area (TPSA) is 50.3 Å². The summed E-state index contributed by atoms with van der Waals surface area (Å²) in [4.78, 5) is 10.9. The summed E-state index contributed by atoms with van der Waals surface area (Å²) in [5, 5.41) is 4.02. The second kappa shape index (κ2) is 8.17. The van der Waals surface area contributed by atoms with Gasteiger partial charge in [0, 0.05) is 37.4 Å². The van der Waals surface area contributed by atoms with Crippen molar-refractivity contribution in [1.82, 2.24) is 15.3 Å². The van der Waals surface area contributed by atoms with Gasteiger partial charge in [0.15, 0.2) is 0 Å². The van der Waals surface area contributed by atoms with Gasteiger partial charge in [0.25, 0.3) is 0 Å². The summed E-state index contributed by atoms with van der Waals surface area (Å²) >= 11 is 5.95. The fourth-order valence-electron chi connectivity index (χ4n) is 2.25. The molecule has 0 saturated carbocycles. The molecule has 0 atom stereocenters. The molecule has 0 radical (unpaired) electrons. The molecule has 1 fully saturated rings. The highest BCUT2D eigenvalue weighted by Crippen LogP contribution is 2.16.